The number of benzene rings is 3. The van der Waals surface area contributed by atoms with Crippen LogP contribution in [0.25, 0.3) is 11.1 Å². The van der Waals surface area contributed by atoms with Gasteiger partial charge < -0.3 is 10.2 Å². The molecule has 0 amide bonds. The molecule has 0 atom stereocenters. The lowest BCUT2D eigenvalue weighted by molar-refractivity contribution is -0.138. The van der Waals surface area contributed by atoms with E-state index in [-0.39, 0.29) is 22.9 Å². The fraction of sp³-hybridized carbons (Fsp3) is 0.314. The number of carbonyl (C=O) groups excluding carboxylic acids is 1. The SMILES string of the molecule is O=C(CC1CCN(Cc2ccccc2)CC1)c1cccc(-c2cnc3c(c2)N(Cc2cc(Cl)ccc2C(F)(F)F)CCN3)c1. The van der Waals surface area contributed by atoms with Gasteiger partial charge in [0, 0.05) is 54.9 Å². The Morgan fingerprint density at radius 1 is 0.909 bits per heavy atom. The highest BCUT2D eigenvalue weighted by Gasteiger charge is 2.34. The first-order chi connectivity index (χ1) is 21.2. The molecule has 2 aliphatic heterocycles. The number of nitrogens with zero attached hydrogens (tertiary/aromatic N) is 3. The second kappa shape index (κ2) is 13.0. The summed E-state index contributed by atoms with van der Waals surface area (Å²) in [6.45, 7) is 4.00. The summed E-state index contributed by atoms with van der Waals surface area (Å²) in [5.74, 6) is 1.10. The molecule has 0 radical (unpaired) electrons. The van der Waals surface area contributed by atoms with Crippen molar-refractivity contribution in [2.45, 2.75) is 38.5 Å². The lowest BCUT2D eigenvalue weighted by Crippen LogP contribution is -2.34. The third-order valence-electron chi connectivity index (χ3n) is 8.56. The molecule has 44 heavy (non-hydrogen) atoms. The standard InChI is InChI=1S/C35H34ClF3N4O/c36-30-9-10-31(35(37,38)39)29(19-30)23-43-16-13-40-34-32(43)20-28(21-41-34)26-7-4-8-27(18-26)33(44)17-24-11-14-42(15-12-24)22-25-5-2-1-3-6-25/h1-10,18-21,24H,11-17,22-23H2,(H,40,41). The van der Waals surface area contributed by atoms with Crippen LogP contribution in [0.5, 0.6) is 0 Å². The first-order valence-corrected chi connectivity index (χ1v) is 15.3. The van der Waals surface area contributed by atoms with E-state index in [0.717, 1.165) is 49.7 Å². The molecule has 0 spiro atoms. The van der Waals surface area contributed by atoms with Gasteiger partial charge in [-0.2, -0.15) is 13.2 Å². The molecule has 2 aliphatic rings. The van der Waals surface area contributed by atoms with Crippen molar-refractivity contribution in [2.24, 2.45) is 5.92 Å². The lowest BCUT2D eigenvalue weighted by atomic mass is 9.89. The number of ketones is 1. The Kier molecular flexibility index (Phi) is 8.91. The summed E-state index contributed by atoms with van der Waals surface area (Å²) >= 11 is 6.09. The van der Waals surface area contributed by atoms with Crippen LogP contribution in [0.15, 0.2) is 85.1 Å². The molecule has 0 saturated carbocycles. The van der Waals surface area contributed by atoms with E-state index in [9.17, 15) is 18.0 Å². The average molecular weight is 619 g/mol. The zero-order valence-corrected chi connectivity index (χ0v) is 25.0. The van der Waals surface area contributed by atoms with E-state index in [1.165, 1.54) is 17.7 Å². The number of Topliss-reactive ketones (excluding diaryl/α,β-unsaturated/α-hetero) is 1. The van der Waals surface area contributed by atoms with Crippen molar-refractivity contribution in [3.05, 3.63) is 112 Å². The number of anilines is 2. The zero-order valence-electron chi connectivity index (χ0n) is 24.3. The number of likely N-dealkylation sites (tertiary alicyclic amines) is 1. The van der Waals surface area contributed by atoms with Gasteiger partial charge in [0.25, 0.3) is 0 Å². The van der Waals surface area contributed by atoms with Crippen LogP contribution >= 0.6 is 11.6 Å². The summed E-state index contributed by atoms with van der Waals surface area (Å²) in [6.07, 6.45) is -0.230. The van der Waals surface area contributed by atoms with Crippen molar-refractivity contribution < 1.29 is 18.0 Å². The highest BCUT2D eigenvalue weighted by Crippen LogP contribution is 2.37. The maximum atomic E-state index is 13.7. The number of hydrogen-bond acceptors (Lipinski definition) is 5. The first kappa shape index (κ1) is 30.2. The minimum absolute atomic E-state index is 0.0396. The van der Waals surface area contributed by atoms with Gasteiger partial charge in [0.1, 0.15) is 5.82 Å². The van der Waals surface area contributed by atoms with E-state index in [2.05, 4.69) is 39.5 Å². The zero-order chi connectivity index (χ0) is 30.7. The van der Waals surface area contributed by atoms with Crippen molar-refractivity contribution in [1.29, 1.82) is 0 Å². The van der Waals surface area contributed by atoms with E-state index in [0.29, 0.717) is 42.5 Å². The van der Waals surface area contributed by atoms with Gasteiger partial charge in [-0.1, -0.05) is 60.1 Å². The van der Waals surface area contributed by atoms with Crippen molar-refractivity contribution in [1.82, 2.24) is 9.88 Å². The smallest absolute Gasteiger partial charge is 0.367 e. The van der Waals surface area contributed by atoms with E-state index in [1.54, 1.807) is 6.20 Å². The number of nitrogens with one attached hydrogen (secondary N) is 1. The Bertz CT molecular complexity index is 1620. The number of carbonyl (C=O) groups is 1. The van der Waals surface area contributed by atoms with Crippen LogP contribution in [0.4, 0.5) is 24.7 Å². The number of halogens is 4. The largest absolute Gasteiger partial charge is 0.416 e. The summed E-state index contributed by atoms with van der Waals surface area (Å²) in [6, 6.07) is 23.6. The van der Waals surface area contributed by atoms with Crippen LogP contribution < -0.4 is 10.2 Å². The van der Waals surface area contributed by atoms with Crippen molar-refractivity contribution in [2.75, 3.05) is 36.4 Å². The Morgan fingerprint density at radius 2 is 1.70 bits per heavy atom. The second-order valence-corrected chi connectivity index (χ2v) is 12.1. The minimum atomic E-state index is -4.48. The van der Waals surface area contributed by atoms with E-state index in [1.807, 2.05) is 41.3 Å². The van der Waals surface area contributed by atoms with Gasteiger partial charge >= 0.3 is 6.18 Å². The predicted octanol–water partition coefficient (Wildman–Crippen LogP) is 8.34. The van der Waals surface area contributed by atoms with Crippen LogP contribution in [0.1, 0.15) is 46.3 Å². The first-order valence-electron chi connectivity index (χ1n) is 15.0. The van der Waals surface area contributed by atoms with Gasteiger partial charge in [-0.15, -0.1) is 0 Å². The molecule has 4 aromatic rings. The van der Waals surface area contributed by atoms with Crippen LogP contribution in [-0.2, 0) is 19.3 Å². The molecule has 9 heteroatoms. The van der Waals surface area contributed by atoms with Gasteiger partial charge in [0.15, 0.2) is 5.78 Å². The monoisotopic (exact) mass is 618 g/mol. The maximum absolute atomic E-state index is 13.7. The quantitative estimate of drug-likeness (QED) is 0.201. The maximum Gasteiger partial charge on any atom is 0.416 e. The number of alkyl halides is 3. The molecule has 3 aromatic carbocycles. The molecule has 1 fully saturated rings. The summed E-state index contributed by atoms with van der Waals surface area (Å²) in [4.78, 5) is 22.3. The number of fused-ring (bicyclic) bond motifs is 1. The molecule has 1 aromatic heterocycles. The molecule has 3 heterocycles. The molecule has 1 N–H and O–H groups in total. The van der Waals surface area contributed by atoms with Crippen LogP contribution in [-0.4, -0.2) is 41.8 Å². The third kappa shape index (κ3) is 7.08. The summed E-state index contributed by atoms with van der Waals surface area (Å²) in [7, 11) is 0. The molecular weight excluding hydrogens is 585 g/mol. The number of rotatable bonds is 8. The topological polar surface area (TPSA) is 48.5 Å². The summed E-state index contributed by atoms with van der Waals surface area (Å²) in [5.41, 5.74) is 3.74. The van der Waals surface area contributed by atoms with E-state index < -0.39 is 11.7 Å². The molecule has 0 unspecified atom stereocenters. The Labute approximate surface area is 260 Å². The minimum Gasteiger partial charge on any atom is -0.367 e. The molecule has 6 rings (SSSR count). The van der Waals surface area contributed by atoms with Gasteiger partial charge in [-0.05, 0) is 78.9 Å². The van der Waals surface area contributed by atoms with Crippen molar-refractivity contribution in [3.63, 3.8) is 0 Å². The Morgan fingerprint density at radius 3 is 2.48 bits per heavy atom. The lowest BCUT2D eigenvalue weighted by Gasteiger charge is -2.32. The molecule has 1 saturated heterocycles. The van der Waals surface area contributed by atoms with Crippen LogP contribution in [0.2, 0.25) is 5.02 Å². The van der Waals surface area contributed by atoms with E-state index in [4.69, 9.17) is 11.6 Å². The van der Waals surface area contributed by atoms with Gasteiger partial charge in [0.2, 0.25) is 0 Å². The molecule has 5 nitrogen and oxygen atoms in total. The molecular formula is C35H34ClF3N4O. The highest BCUT2D eigenvalue weighted by atomic mass is 35.5. The van der Waals surface area contributed by atoms with Crippen molar-refractivity contribution >= 4 is 28.9 Å². The summed E-state index contributed by atoms with van der Waals surface area (Å²) < 4.78 is 41.2. The third-order valence-corrected chi connectivity index (χ3v) is 8.80. The van der Waals surface area contributed by atoms with Gasteiger partial charge in [0.05, 0.1) is 11.3 Å². The summed E-state index contributed by atoms with van der Waals surface area (Å²) in [5, 5.41) is 3.51. The van der Waals surface area contributed by atoms with Gasteiger partial charge in [-0.3, -0.25) is 9.69 Å². The van der Waals surface area contributed by atoms with Crippen molar-refractivity contribution in [3.8, 4) is 11.1 Å². The number of pyridine rings is 1. The molecule has 0 bridgehead atoms. The Balaban J connectivity index is 1.15. The normalized spacial score (nSPS) is 16.0. The van der Waals surface area contributed by atoms with Crippen LogP contribution in [0, 0.1) is 5.92 Å². The number of piperidine rings is 1. The number of aromatic nitrogens is 1. The van der Waals surface area contributed by atoms with E-state index >= 15 is 0 Å². The fourth-order valence-electron chi connectivity index (χ4n) is 6.20. The number of hydrogen-bond donors (Lipinski definition) is 1. The molecule has 0 aliphatic carbocycles. The van der Waals surface area contributed by atoms with Gasteiger partial charge in [-0.25, -0.2) is 4.98 Å². The molecule has 228 valence electrons. The van der Waals surface area contributed by atoms with Crippen LogP contribution in [0.3, 0.4) is 0 Å². The predicted molar refractivity (Wildman–Crippen MR) is 169 cm³/mol. The average Bonchev–Trinajstić information content (AvgIpc) is 3.02. The Hall–Kier alpha value is -3.88. The fourth-order valence-corrected chi connectivity index (χ4v) is 6.39. The second-order valence-electron chi connectivity index (χ2n) is 11.7. The highest BCUT2D eigenvalue weighted by molar-refractivity contribution is 6.30.